The number of hydrogen-bond donors (Lipinski definition) is 3. The molecule has 0 aromatic heterocycles. The van der Waals surface area contributed by atoms with Crippen molar-refractivity contribution in [2.24, 2.45) is 0 Å². The zero-order chi connectivity index (χ0) is 20.3. The molecular weight excluding hydrogens is 384 g/mol. The normalized spacial score (nSPS) is 12.9. The third-order valence-corrected chi connectivity index (χ3v) is 4.51. The molecule has 0 fully saturated rings. The molecule has 0 spiro atoms. The number of ether oxygens (including phenoxy) is 1. The van der Waals surface area contributed by atoms with Crippen molar-refractivity contribution >= 4 is 46.5 Å². The van der Waals surface area contributed by atoms with Crippen molar-refractivity contribution in [3.05, 3.63) is 52.5 Å². The van der Waals surface area contributed by atoms with Gasteiger partial charge < -0.3 is 21.1 Å². The monoisotopic (exact) mass is 402 g/mol. The van der Waals surface area contributed by atoms with Crippen LogP contribution < -0.4 is 16.4 Å². The van der Waals surface area contributed by atoms with Crippen LogP contribution in [0.25, 0.3) is 0 Å². The van der Waals surface area contributed by atoms with E-state index in [9.17, 15) is 14.4 Å². The Morgan fingerprint density at radius 2 is 1.86 bits per heavy atom. The number of fused-ring (bicyclic) bond motifs is 1. The third kappa shape index (κ3) is 4.08. The molecule has 0 aliphatic carbocycles. The van der Waals surface area contributed by atoms with E-state index in [2.05, 4.69) is 10.6 Å². The standard InChI is InChI=1S/C19H19ClN4O4/c1-28-8-2-7-24-17(25)13-5-4-12(10-14(13)18(24)26)22-19(27)23-16-6-3-11(21)9-15(16)20/h3-6,9-10H,2,7-8,21H2,1H3,(H2,22,23,27). The Labute approximate surface area is 166 Å². The molecule has 3 rings (SSSR count). The minimum absolute atomic E-state index is 0.255. The highest BCUT2D eigenvalue weighted by atomic mass is 35.5. The molecule has 4 N–H and O–H groups in total. The van der Waals surface area contributed by atoms with Gasteiger partial charge in [-0.25, -0.2) is 4.79 Å². The maximum atomic E-state index is 12.5. The second-order valence-corrected chi connectivity index (χ2v) is 6.59. The SMILES string of the molecule is COCCCN1C(=O)c2ccc(NC(=O)Nc3ccc(N)cc3Cl)cc2C1=O. The minimum Gasteiger partial charge on any atom is -0.399 e. The van der Waals surface area contributed by atoms with Gasteiger partial charge >= 0.3 is 6.03 Å². The van der Waals surface area contributed by atoms with Crippen LogP contribution in [0.1, 0.15) is 27.1 Å². The van der Waals surface area contributed by atoms with E-state index in [0.717, 1.165) is 0 Å². The van der Waals surface area contributed by atoms with Crippen LogP contribution in [0.5, 0.6) is 0 Å². The van der Waals surface area contributed by atoms with Gasteiger partial charge in [0.25, 0.3) is 11.8 Å². The molecule has 2 aromatic rings. The van der Waals surface area contributed by atoms with Crippen LogP contribution in [0, 0.1) is 0 Å². The number of methoxy groups -OCH3 is 1. The molecule has 1 aliphatic rings. The number of halogens is 1. The van der Waals surface area contributed by atoms with E-state index < -0.39 is 6.03 Å². The van der Waals surface area contributed by atoms with Gasteiger partial charge in [-0.05, 0) is 42.8 Å². The summed E-state index contributed by atoms with van der Waals surface area (Å²) in [7, 11) is 1.56. The van der Waals surface area contributed by atoms with Crippen molar-refractivity contribution in [3.63, 3.8) is 0 Å². The first-order chi connectivity index (χ1) is 13.4. The Morgan fingerprint density at radius 1 is 1.11 bits per heavy atom. The van der Waals surface area contributed by atoms with Gasteiger partial charge in [-0.3, -0.25) is 14.5 Å². The summed E-state index contributed by atoms with van der Waals surface area (Å²) in [6, 6.07) is 8.75. The first-order valence-electron chi connectivity index (χ1n) is 8.53. The highest BCUT2D eigenvalue weighted by Crippen LogP contribution is 2.27. The molecule has 0 unspecified atom stereocenters. The molecule has 0 radical (unpaired) electrons. The van der Waals surface area contributed by atoms with Gasteiger partial charge in [-0.1, -0.05) is 11.6 Å². The third-order valence-electron chi connectivity index (χ3n) is 4.20. The van der Waals surface area contributed by atoms with E-state index in [1.807, 2.05) is 0 Å². The van der Waals surface area contributed by atoms with Gasteiger partial charge in [-0.2, -0.15) is 0 Å². The Bertz CT molecular complexity index is 948. The molecular formula is C19H19ClN4O4. The Hall–Kier alpha value is -3.10. The number of carbonyl (C=O) groups excluding carboxylic acids is 3. The molecule has 0 saturated heterocycles. The van der Waals surface area contributed by atoms with E-state index in [4.69, 9.17) is 22.1 Å². The molecule has 0 saturated carbocycles. The van der Waals surface area contributed by atoms with Crippen LogP contribution in [0.3, 0.4) is 0 Å². The molecule has 4 amide bonds. The second-order valence-electron chi connectivity index (χ2n) is 6.19. The predicted molar refractivity (Wildman–Crippen MR) is 107 cm³/mol. The summed E-state index contributed by atoms with van der Waals surface area (Å²) in [6.07, 6.45) is 0.553. The lowest BCUT2D eigenvalue weighted by Crippen LogP contribution is -2.31. The van der Waals surface area contributed by atoms with Crippen LogP contribution in [-0.2, 0) is 4.74 Å². The number of rotatable bonds is 6. The number of nitrogen functional groups attached to an aromatic ring is 1. The number of benzene rings is 2. The molecule has 0 atom stereocenters. The smallest absolute Gasteiger partial charge is 0.323 e. The topological polar surface area (TPSA) is 114 Å². The van der Waals surface area contributed by atoms with Crippen LogP contribution in [-0.4, -0.2) is 43.0 Å². The number of urea groups is 1. The molecule has 2 aromatic carbocycles. The van der Waals surface area contributed by atoms with Crippen LogP contribution in [0.15, 0.2) is 36.4 Å². The average Bonchev–Trinajstić information content (AvgIpc) is 2.89. The highest BCUT2D eigenvalue weighted by Gasteiger charge is 2.35. The number of anilines is 3. The lowest BCUT2D eigenvalue weighted by molar-refractivity contribution is 0.0638. The summed E-state index contributed by atoms with van der Waals surface area (Å²) in [5.41, 5.74) is 7.45. The summed E-state index contributed by atoms with van der Waals surface area (Å²) in [5, 5.41) is 5.53. The number of imide groups is 1. The minimum atomic E-state index is -0.541. The molecule has 9 heteroatoms. The van der Waals surface area contributed by atoms with Crippen LogP contribution in [0.2, 0.25) is 5.02 Å². The highest BCUT2D eigenvalue weighted by molar-refractivity contribution is 6.34. The van der Waals surface area contributed by atoms with E-state index in [-0.39, 0.29) is 23.9 Å². The molecule has 146 valence electrons. The first-order valence-corrected chi connectivity index (χ1v) is 8.90. The van der Waals surface area contributed by atoms with Gasteiger partial charge in [-0.15, -0.1) is 0 Å². The summed E-state index contributed by atoms with van der Waals surface area (Å²) in [5.74, 6) is -0.734. The lowest BCUT2D eigenvalue weighted by atomic mass is 10.1. The Kier molecular flexibility index (Phi) is 5.81. The first kappa shape index (κ1) is 19.7. The Balaban J connectivity index is 1.70. The van der Waals surface area contributed by atoms with Gasteiger partial charge in [0, 0.05) is 31.6 Å². The fraction of sp³-hybridized carbons (Fsp3) is 0.211. The fourth-order valence-electron chi connectivity index (χ4n) is 2.86. The lowest BCUT2D eigenvalue weighted by Gasteiger charge is -2.12. The molecule has 1 heterocycles. The van der Waals surface area contributed by atoms with Crippen molar-refractivity contribution in [1.29, 1.82) is 0 Å². The van der Waals surface area contributed by atoms with Crippen molar-refractivity contribution in [3.8, 4) is 0 Å². The second kappa shape index (κ2) is 8.28. The Morgan fingerprint density at radius 3 is 2.57 bits per heavy atom. The fourth-order valence-corrected chi connectivity index (χ4v) is 3.09. The van der Waals surface area contributed by atoms with Crippen molar-refractivity contribution in [2.75, 3.05) is 36.6 Å². The molecule has 1 aliphatic heterocycles. The molecule has 8 nitrogen and oxygen atoms in total. The predicted octanol–water partition coefficient (Wildman–Crippen LogP) is 3.20. The number of nitrogens with two attached hydrogens (primary N) is 1. The van der Waals surface area contributed by atoms with E-state index >= 15 is 0 Å². The molecule has 28 heavy (non-hydrogen) atoms. The van der Waals surface area contributed by atoms with E-state index in [1.54, 1.807) is 25.3 Å². The van der Waals surface area contributed by atoms with Gasteiger partial charge in [0.1, 0.15) is 0 Å². The van der Waals surface area contributed by atoms with Gasteiger partial charge in [0.2, 0.25) is 0 Å². The zero-order valence-electron chi connectivity index (χ0n) is 15.1. The van der Waals surface area contributed by atoms with Gasteiger partial charge in [0.05, 0.1) is 21.8 Å². The summed E-state index contributed by atoms with van der Waals surface area (Å²) >= 11 is 6.04. The average molecular weight is 403 g/mol. The molecule has 0 bridgehead atoms. The number of hydrogen-bond acceptors (Lipinski definition) is 5. The number of nitrogens with one attached hydrogen (secondary N) is 2. The summed E-state index contributed by atoms with van der Waals surface area (Å²) in [4.78, 5) is 38.3. The van der Waals surface area contributed by atoms with E-state index in [1.165, 1.54) is 23.1 Å². The van der Waals surface area contributed by atoms with Crippen molar-refractivity contribution in [2.45, 2.75) is 6.42 Å². The summed E-state index contributed by atoms with van der Waals surface area (Å²) in [6.45, 7) is 0.729. The number of amides is 4. The van der Waals surface area contributed by atoms with Crippen molar-refractivity contribution in [1.82, 2.24) is 4.90 Å². The van der Waals surface area contributed by atoms with Crippen LogP contribution in [0.4, 0.5) is 21.9 Å². The quantitative estimate of drug-likeness (QED) is 0.390. The van der Waals surface area contributed by atoms with Gasteiger partial charge in [0.15, 0.2) is 0 Å². The maximum absolute atomic E-state index is 12.5. The zero-order valence-corrected chi connectivity index (χ0v) is 15.9. The largest absolute Gasteiger partial charge is 0.399 e. The number of nitrogens with zero attached hydrogens (tertiary/aromatic N) is 1. The van der Waals surface area contributed by atoms with E-state index in [0.29, 0.717) is 40.7 Å². The summed E-state index contributed by atoms with van der Waals surface area (Å²) < 4.78 is 4.96. The number of carbonyl (C=O) groups is 3. The van der Waals surface area contributed by atoms with Crippen molar-refractivity contribution < 1.29 is 19.1 Å². The maximum Gasteiger partial charge on any atom is 0.323 e. The van der Waals surface area contributed by atoms with Crippen LogP contribution >= 0.6 is 11.6 Å².